The molecule has 0 unspecified atom stereocenters. The van der Waals surface area contributed by atoms with Crippen molar-refractivity contribution in [2.24, 2.45) is 0 Å². The first-order valence-corrected chi connectivity index (χ1v) is 8.64. The lowest BCUT2D eigenvalue weighted by atomic mass is 9.64. The second-order valence-corrected chi connectivity index (χ2v) is 7.34. The molecule has 0 bridgehead atoms. The van der Waals surface area contributed by atoms with E-state index < -0.39 is 11.7 Å². The first-order valence-electron chi connectivity index (χ1n) is 8.64. The lowest BCUT2D eigenvalue weighted by Crippen LogP contribution is -2.49. The summed E-state index contributed by atoms with van der Waals surface area (Å²) in [5.74, 6) is 0.0946. The summed E-state index contributed by atoms with van der Waals surface area (Å²) < 4.78 is 5.17. The number of carbonyl (C=O) groups excluding carboxylic acids is 2. The molecule has 2 amide bonds. The van der Waals surface area contributed by atoms with Crippen LogP contribution in [0, 0.1) is 0 Å². The van der Waals surface area contributed by atoms with Crippen LogP contribution in [0.3, 0.4) is 0 Å². The van der Waals surface area contributed by atoms with Gasteiger partial charge in [-0.1, -0.05) is 36.8 Å². The number of benzene rings is 1. The maximum Gasteiger partial charge on any atom is 0.407 e. The summed E-state index contributed by atoms with van der Waals surface area (Å²) in [4.78, 5) is 24.1. The van der Waals surface area contributed by atoms with E-state index in [9.17, 15) is 9.59 Å². The molecule has 1 aromatic rings. The molecule has 132 valence electrons. The van der Waals surface area contributed by atoms with Crippen LogP contribution < -0.4 is 10.6 Å². The fraction of sp³-hybridized carbons (Fsp3) is 0.579. The molecule has 5 nitrogen and oxygen atoms in total. The molecule has 1 aromatic carbocycles. The van der Waals surface area contributed by atoms with Crippen molar-refractivity contribution in [3.05, 3.63) is 35.9 Å². The highest BCUT2D eigenvalue weighted by molar-refractivity contribution is 5.89. The number of amides is 2. The molecule has 0 saturated heterocycles. The Morgan fingerprint density at radius 3 is 2.25 bits per heavy atom. The van der Waals surface area contributed by atoms with Crippen LogP contribution >= 0.6 is 0 Å². The van der Waals surface area contributed by atoms with E-state index >= 15 is 0 Å². The van der Waals surface area contributed by atoms with Crippen LogP contribution in [0.2, 0.25) is 0 Å². The third-order valence-electron chi connectivity index (χ3n) is 4.28. The Morgan fingerprint density at radius 2 is 1.71 bits per heavy atom. The van der Waals surface area contributed by atoms with Crippen molar-refractivity contribution in [3.8, 4) is 0 Å². The summed E-state index contributed by atoms with van der Waals surface area (Å²) in [6, 6.07) is 9.99. The monoisotopic (exact) mass is 332 g/mol. The van der Waals surface area contributed by atoms with Crippen LogP contribution in [-0.2, 0) is 14.9 Å². The minimum absolute atomic E-state index is 0.0946. The van der Waals surface area contributed by atoms with Gasteiger partial charge in [0.05, 0.1) is 5.41 Å². The third kappa shape index (κ3) is 4.73. The van der Waals surface area contributed by atoms with Crippen molar-refractivity contribution in [1.82, 2.24) is 10.6 Å². The number of hydrogen-bond acceptors (Lipinski definition) is 3. The second-order valence-electron chi connectivity index (χ2n) is 7.34. The van der Waals surface area contributed by atoms with Gasteiger partial charge in [-0.15, -0.1) is 0 Å². The fourth-order valence-electron chi connectivity index (χ4n) is 2.90. The molecule has 0 radical (unpaired) electrons. The van der Waals surface area contributed by atoms with Gasteiger partial charge in [0.2, 0.25) is 5.91 Å². The van der Waals surface area contributed by atoms with Gasteiger partial charge in [-0.25, -0.2) is 4.79 Å². The summed E-state index contributed by atoms with van der Waals surface area (Å²) in [5, 5.41) is 5.71. The summed E-state index contributed by atoms with van der Waals surface area (Å²) in [7, 11) is 0. The lowest BCUT2D eigenvalue weighted by Gasteiger charge is -2.40. The molecule has 1 fully saturated rings. The van der Waals surface area contributed by atoms with E-state index in [1.54, 1.807) is 0 Å². The third-order valence-corrected chi connectivity index (χ3v) is 4.28. The van der Waals surface area contributed by atoms with E-state index in [0.717, 1.165) is 24.8 Å². The summed E-state index contributed by atoms with van der Waals surface area (Å²) in [6.45, 7) is 6.51. The minimum Gasteiger partial charge on any atom is -0.444 e. The van der Waals surface area contributed by atoms with Crippen LogP contribution in [0.5, 0.6) is 0 Å². The van der Waals surface area contributed by atoms with Gasteiger partial charge < -0.3 is 15.4 Å². The zero-order valence-electron chi connectivity index (χ0n) is 14.9. The SMILES string of the molecule is CC(C)(C)OC(=O)NCCCNC(=O)C1(c2ccccc2)CCC1. The average Bonchev–Trinajstić information content (AvgIpc) is 2.45. The predicted molar refractivity (Wildman–Crippen MR) is 93.8 cm³/mol. The molecule has 0 atom stereocenters. The van der Waals surface area contributed by atoms with Crippen molar-refractivity contribution in [2.45, 2.75) is 57.5 Å². The van der Waals surface area contributed by atoms with Crippen LogP contribution in [0.15, 0.2) is 30.3 Å². The topological polar surface area (TPSA) is 67.4 Å². The molecule has 5 heteroatoms. The van der Waals surface area contributed by atoms with Gasteiger partial charge in [0.15, 0.2) is 0 Å². The standard InChI is InChI=1S/C19H28N2O3/c1-18(2,3)24-17(23)21-14-8-13-20-16(22)19(11-7-12-19)15-9-5-4-6-10-15/h4-6,9-10H,7-8,11-14H2,1-3H3,(H,20,22)(H,21,23). The second kappa shape index (κ2) is 7.69. The first kappa shape index (κ1) is 18.3. The predicted octanol–water partition coefficient (Wildman–Crippen LogP) is 3.14. The van der Waals surface area contributed by atoms with Crippen LogP contribution in [0.25, 0.3) is 0 Å². The number of rotatable bonds is 6. The Kier molecular flexibility index (Phi) is 5.86. The number of nitrogens with one attached hydrogen (secondary N) is 2. The normalized spacial score (nSPS) is 16.0. The molecule has 0 aromatic heterocycles. The molecule has 1 saturated carbocycles. The van der Waals surface area contributed by atoms with E-state index in [1.165, 1.54) is 0 Å². The van der Waals surface area contributed by atoms with Gasteiger partial charge in [-0.05, 0) is 45.6 Å². The maximum atomic E-state index is 12.6. The molecule has 24 heavy (non-hydrogen) atoms. The molecule has 0 heterocycles. The minimum atomic E-state index is -0.495. The van der Waals surface area contributed by atoms with E-state index in [2.05, 4.69) is 10.6 Å². The van der Waals surface area contributed by atoms with Crippen molar-refractivity contribution < 1.29 is 14.3 Å². The van der Waals surface area contributed by atoms with Crippen molar-refractivity contribution >= 4 is 12.0 Å². The van der Waals surface area contributed by atoms with Gasteiger partial charge in [-0.2, -0.15) is 0 Å². The molecular formula is C19H28N2O3. The summed E-state index contributed by atoms with van der Waals surface area (Å²) >= 11 is 0. The first-order chi connectivity index (χ1) is 11.3. The number of ether oxygens (including phenoxy) is 1. The van der Waals surface area contributed by atoms with Crippen LogP contribution in [0.1, 0.15) is 52.0 Å². The zero-order chi connectivity index (χ0) is 17.6. The quantitative estimate of drug-likeness (QED) is 0.787. The van der Waals surface area contributed by atoms with Gasteiger partial charge in [-0.3, -0.25) is 4.79 Å². The van der Waals surface area contributed by atoms with Gasteiger partial charge in [0.25, 0.3) is 0 Å². The average molecular weight is 332 g/mol. The largest absolute Gasteiger partial charge is 0.444 e. The Hall–Kier alpha value is -2.04. The van der Waals surface area contributed by atoms with Gasteiger partial charge >= 0.3 is 6.09 Å². The molecule has 2 N–H and O–H groups in total. The van der Waals surface area contributed by atoms with E-state index in [1.807, 2.05) is 51.1 Å². The highest BCUT2D eigenvalue weighted by Crippen LogP contribution is 2.43. The summed E-state index contributed by atoms with van der Waals surface area (Å²) in [6.07, 6.45) is 3.14. The summed E-state index contributed by atoms with van der Waals surface area (Å²) in [5.41, 5.74) is 0.241. The Balaban J connectivity index is 1.73. The van der Waals surface area contributed by atoms with Crippen molar-refractivity contribution in [2.75, 3.05) is 13.1 Å². The Morgan fingerprint density at radius 1 is 1.08 bits per heavy atom. The van der Waals surface area contributed by atoms with Crippen molar-refractivity contribution in [3.63, 3.8) is 0 Å². The molecule has 0 aliphatic heterocycles. The van der Waals surface area contributed by atoms with E-state index in [0.29, 0.717) is 19.5 Å². The molecule has 1 aliphatic carbocycles. The number of hydrogen-bond donors (Lipinski definition) is 2. The maximum absolute atomic E-state index is 12.6. The molecule has 1 aliphatic rings. The Bertz CT molecular complexity index is 560. The molecule has 2 rings (SSSR count). The van der Waals surface area contributed by atoms with Crippen LogP contribution in [0.4, 0.5) is 4.79 Å². The molecular weight excluding hydrogens is 304 g/mol. The van der Waals surface area contributed by atoms with E-state index in [-0.39, 0.29) is 11.3 Å². The lowest BCUT2D eigenvalue weighted by molar-refractivity contribution is -0.129. The van der Waals surface area contributed by atoms with E-state index in [4.69, 9.17) is 4.74 Å². The highest BCUT2D eigenvalue weighted by atomic mass is 16.6. The van der Waals surface area contributed by atoms with Crippen LogP contribution in [-0.4, -0.2) is 30.7 Å². The molecule has 0 spiro atoms. The van der Waals surface area contributed by atoms with Crippen molar-refractivity contribution in [1.29, 1.82) is 0 Å². The van der Waals surface area contributed by atoms with Gasteiger partial charge in [0.1, 0.15) is 5.60 Å². The highest BCUT2D eigenvalue weighted by Gasteiger charge is 2.45. The number of alkyl carbamates (subject to hydrolysis) is 1. The fourth-order valence-corrected chi connectivity index (χ4v) is 2.90. The smallest absolute Gasteiger partial charge is 0.407 e. The zero-order valence-corrected chi connectivity index (χ0v) is 14.9. The van der Waals surface area contributed by atoms with Gasteiger partial charge in [0, 0.05) is 13.1 Å². The number of carbonyl (C=O) groups is 2. The Labute approximate surface area is 144 Å².